The molecule has 0 amide bonds. The number of anilines is 4. The maximum absolute atomic E-state index is 14.7. The molecule has 0 radical (unpaired) electrons. The van der Waals surface area contributed by atoms with E-state index in [4.69, 9.17) is 14.8 Å². The van der Waals surface area contributed by atoms with Crippen molar-refractivity contribution in [1.29, 1.82) is 0 Å². The van der Waals surface area contributed by atoms with E-state index in [1.807, 2.05) is 12.3 Å². The van der Waals surface area contributed by atoms with Crippen molar-refractivity contribution in [1.82, 2.24) is 15.0 Å². The van der Waals surface area contributed by atoms with Gasteiger partial charge in [0, 0.05) is 54.8 Å². The van der Waals surface area contributed by atoms with Crippen molar-refractivity contribution >= 4 is 43.9 Å². The van der Waals surface area contributed by atoms with Crippen LogP contribution in [0.2, 0.25) is 0 Å². The fraction of sp³-hybridized carbons (Fsp3) is 0.552. The van der Waals surface area contributed by atoms with E-state index in [2.05, 4.69) is 53.1 Å². The zero-order chi connectivity index (χ0) is 29.3. The second-order valence-corrected chi connectivity index (χ2v) is 13.6. The minimum Gasteiger partial charge on any atom is -0.394 e. The Bertz CT molecular complexity index is 1490. The van der Waals surface area contributed by atoms with Crippen LogP contribution in [0.1, 0.15) is 38.7 Å². The first-order valence-corrected chi connectivity index (χ1v) is 16.2. The second kappa shape index (κ2) is 12.0. The van der Waals surface area contributed by atoms with Gasteiger partial charge in [0.25, 0.3) is 0 Å². The largest absolute Gasteiger partial charge is 0.394 e. The fourth-order valence-electron chi connectivity index (χ4n) is 5.81. The van der Waals surface area contributed by atoms with Crippen molar-refractivity contribution in [3.8, 4) is 0 Å². The summed E-state index contributed by atoms with van der Waals surface area (Å²) in [5.74, 6) is 2.21. The van der Waals surface area contributed by atoms with Crippen molar-refractivity contribution in [2.24, 2.45) is 5.92 Å². The van der Waals surface area contributed by atoms with Gasteiger partial charge >= 0.3 is 0 Å². The minimum absolute atomic E-state index is 0.109. The number of sulfone groups is 1. The molecule has 4 heterocycles. The first-order chi connectivity index (χ1) is 19.5. The molecular weight excluding hydrogens is 547 g/mol. The summed E-state index contributed by atoms with van der Waals surface area (Å²) in [7, 11) is -3.03. The topological polar surface area (TPSA) is 121 Å². The Labute approximate surface area is 240 Å². The molecule has 1 aromatic carbocycles. The molecule has 2 fully saturated rings. The molecule has 0 aliphatic carbocycles. The SMILES string of the molecule is CC(C)c1ccc(N2C[C@H](CS(C)(=O)=O)[C@H]2C)c2cnc(Nc3ccnc(N4CC[C@H](OCCO)[C@H](F)C4)n3)cc12. The predicted octanol–water partition coefficient (Wildman–Crippen LogP) is 3.69. The summed E-state index contributed by atoms with van der Waals surface area (Å²) in [4.78, 5) is 17.7. The number of hydrogen-bond donors (Lipinski definition) is 2. The van der Waals surface area contributed by atoms with E-state index >= 15 is 0 Å². The lowest BCUT2D eigenvalue weighted by molar-refractivity contribution is -0.0262. The quantitative estimate of drug-likeness (QED) is 0.364. The van der Waals surface area contributed by atoms with E-state index in [0.717, 1.165) is 16.5 Å². The maximum Gasteiger partial charge on any atom is 0.227 e. The van der Waals surface area contributed by atoms with Crippen LogP contribution in [0.25, 0.3) is 10.8 Å². The van der Waals surface area contributed by atoms with Gasteiger partial charge in [-0.1, -0.05) is 19.9 Å². The molecule has 2 aliphatic heterocycles. The normalized spacial score (nSPS) is 23.2. The van der Waals surface area contributed by atoms with Crippen LogP contribution in [0.15, 0.2) is 36.7 Å². The van der Waals surface area contributed by atoms with E-state index in [9.17, 15) is 12.8 Å². The van der Waals surface area contributed by atoms with Crippen LogP contribution in [-0.4, -0.2) is 91.7 Å². The molecule has 0 spiro atoms. The number of alkyl halides is 1. The van der Waals surface area contributed by atoms with Crippen LogP contribution in [0.4, 0.5) is 27.7 Å². The number of nitrogens with zero attached hydrogens (tertiary/aromatic N) is 5. The van der Waals surface area contributed by atoms with Crippen LogP contribution in [0.5, 0.6) is 0 Å². The van der Waals surface area contributed by atoms with E-state index in [0.29, 0.717) is 37.1 Å². The van der Waals surface area contributed by atoms with Gasteiger partial charge in [-0.05, 0) is 48.4 Å². The highest BCUT2D eigenvalue weighted by atomic mass is 32.2. The van der Waals surface area contributed by atoms with Gasteiger partial charge in [-0.3, -0.25) is 0 Å². The molecule has 10 nitrogen and oxygen atoms in total. The summed E-state index contributed by atoms with van der Waals surface area (Å²) in [6.07, 6.45) is 3.55. The molecule has 3 aromatic rings. The van der Waals surface area contributed by atoms with Crippen molar-refractivity contribution in [2.45, 2.75) is 51.4 Å². The van der Waals surface area contributed by atoms with Crippen LogP contribution >= 0.6 is 0 Å². The minimum atomic E-state index is -3.03. The van der Waals surface area contributed by atoms with Crippen molar-refractivity contribution < 1.29 is 22.7 Å². The Kier molecular flexibility index (Phi) is 8.62. The van der Waals surface area contributed by atoms with Gasteiger partial charge in [-0.2, -0.15) is 4.98 Å². The number of fused-ring (bicyclic) bond motifs is 1. The molecule has 2 aliphatic rings. The third-order valence-corrected chi connectivity index (χ3v) is 9.09. The van der Waals surface area contributed by atoms with Gasteiger partial charge < -0.3 is 25.0 Å². The summed E-state index contributed by atoms with van der Waals surface area (Å²) in [5.41, 5.74) is 2.25. The average Bonchev–Trinajstić information content (AvgIpc) is 2.93. The summed E-state index contributed by atoms with van der Waals surface area (Å²) >= 11 is 0. The lowest BCUT2D eigenvalue weighted by Gasteiger charge is -2.48. The number of aliphatic hydroxyl groups excluding tert-OH is 1. The summed E-state index contributed by atoms with van der Waals surface area (Å²) < 4.78 is 43.8. The number of nitrogens with one attached hydrogen (secondary N) is 1. The highest BCUT2D eigenvalue weighted by Crippen LogP contribution is 2.39. The van der Waals surface area contributed by atoms with Crippen LogP contribution in [0, 0.1) is 5.92 Å². The standard InChI is InChI=1S/C29H39FN6O4S/c1-18(2)21-5-6-25(36-15-20(19(36)3)17-41(4,38)39)23-14-32-28(13-22(21)23)33-27-7-9-31-29(34-27)35-10-8-26(24(30)16-35)40-12-11-37/h5-7,9,13-14,18-20,24,26,37H,8,10-12,15-17H2,1-4H3,(H,31,32,33,34)/t19-,20-,24-,26+/m1/s1. The smallest absolute Gasteiger partial charge is 0.227 e. The molecule has 0 bridgehead atoms. The van der Waals surface area contributed by atoms with E-state index in [-0.39, 0.29) is 43.4 Å². The highest BCUT2D eigenvalue weighted by molar-refractivity contribution is 7.90. The molecule has 2 N–H and O–H groups in total. The van der Waals surface area contributed by atoms with Gasteiger partial charge in [0.05, 0.1) is 31.6 Å². The highest BCUT2D eigenvalue weighted by Gasteiger charge is 2.38. The van der Waals surface area contributed by atoms with Gasteiger partial charge in [-0.15, -0.1) is 0 Å². The number of aliphatic hydroxyl groups is 1. The monoisotopic (exact) mass is 586 g/mol. The Morgan fingerprint density at radius 1 is 1.17 bits per heavy atom. The number of ether oxygens (including phenoxy) is 1. The Morgan fingerprint density at radius 3 is 2.66 bits per heavy atom. The number of halogens is 1. The lowest BCUT2D eigenvalue weighted by Crippen LogP contribution is -2.57. The molecule has 0 saturated carbocycles. The number of piperidine rings is 1. The second-order valence-electron chi connectivity index (χ2n) is 11.4. The number of benzene rings is 1. The molecule has 2 saturated heterocycles. The Hall–Kier alpha value is -3.09. The molecule has 4 atom stereocenters. The van der Waals surface area contributed by atoms with E-state index in [1.165, 1.54) is 11.8 Å². The molecule has 12 heteroatoms. The van der Waals surface area contributed by atoms with E-state index in [1.54, 1.807) is 17.2 Å². The molecule has 5 rings (SSSR count). The number of pyridine rings is 1. The zero-order valence-corrected chi connectivity index (χ0v) is 24.8. The van der Waals surface area contributed by atoms with Crippen LogP contribution < -0.4 is 15.1 Å². The third kappa shape index (κ3) is 6.54. The van der Waals surface area contributed by atoms with Gasteiger partial charge in [0.2, 0.25) is 5.95 Å². The first kappa shape index (κ1) is 29.4. The molecule has 41 heavy (non-hydrogen) atoms. The van der Waals surface area contributed by atoms with Gasteiger partial charge in [0.15, 0.2) is 0 Å². The van der Waals surface area contributed by atoms with Gasteiger partial charge in [-0.25, -0.2) is 22.8 Å². The Balaban J connectivity index is 1.36. The maximum atomic E-state index is 14.7. The molecule has 2 aromatic heterocycles. The van der Waals surface area contributed by atoms with Gasteiger partial charge in [0.1, 0.15) is 27.6 Å². The van der Waals surface area contributed by atoms with Crippen LogP contribution in [-0.2, 0) is 14.6 Å². The lowest BCUT2D eigenvalue weighted by atomic mass is 9.88. The number of aromatic nitrogens is 3. The van der Waals surface area contributed by atoms with Crippen molar-refractivity contribution in [2.75, 3.05) is 60.0 Å². The molecular formula is C29H39FN6O4S. The molecule has 0 unspecified atom stereocenters. The predicted molar refractivity (Wildman–Crippen MR) is 160 cm³/mol. The Morgan fingerprint density at radius 2 is 1.98 bits per heavy atom. The summed E-state index contributed by atoms with van der Waals surface area (Å²) in [6, 6.07) is 8.16. The number of hydrogen-bond acceptors (Lipinski definition) is 10. The number of rotatable bonds is 10. The van der Waals surface area contributed by atoms with Crippen LogP contribution in [0.3, 0.4) is 0 Å². The fourth-order valence-corrected chi connectivity index (χ4v) is 6.98. The first-order valence-electron chi connectivity index (χ1n) is 14.1. The average molecular weight is 587 g/mol. The van der Waals surface area contributed by atoms with Crippen molar-refractivity contribution in [3.63, 3.8) is 0 Å². The van der Waals surface area contributed by atoms with E-state index < -0.39 is 22.1 Å². The third-order valence-electron chi connectivity index (χ3n) is 8.05. The van der Waals surface area contributed by atoms with Crippen molar-refractivity contribution in [3.05, 3.63) is 42.2 Å². The molecule has 222 valence electrons. The zero-order valence-electron chi connectivity index (χ0n) is 24.0. The summed E-state index contributed by atoms with van der Waals surface area (Å²) in [5, 5.41) is 14.4. The summed E-state index contributed by atoms with van der Waals surface area (Å²) in [6.45, 7) is 7.75.